The number of anilines is 1. The molecule has 0 saturated carbocycles. The summed E-state index contributed by atoms with van der Waals surface area (Å²) in [4.78, 5) is 0. The maximum atomic E-state index is 6.02. The third-order valence-corrected chi connectivity index (χ3v) is 3.07. The molecule has 3 heteroatoms. The zero-order valence-electron chi connectivity index (χ0n) is 10.9. The number of aromatic nitrogens is 2. The van der Waals surface area contributed by atoms with Crippen LogP contribution in [0.2, 0.25) is 0 Å². The van der Waals surface area contributed by atoms with Crippen LogP contribution in [0.3, 0.4) is 0 Å². The van der Waals surface area contributed by atoms with E-state index in [-0.39, 0.29) is 0 Å². The first-order valence-corrected chi connectivity index (χ1v) is 5.91. The molecule has 3 nitrogen and oxygen atoms in total. The van der Waals surface area contributed by atoms with Gasteiger partial charge in [-0.3, -0.25) is 4.68 Å². The lowest BCUT2D eigenvalue weighted by Crippen LogP contribution is -2.00. The molecule has 0 amide bonds. The molecule has 1 heterocycles. The van der Waals surface area contributed by atoms with Gasteiger partial charge in [-0.1, -0.05) is 12.1 Å². The molecule has 1 aromatic heterocycles. The summed E-state index contributed by atoms with van der Waals surface area (Å²) >= 11 is 0. The van der Waals surface area contributed by atoms with Crippen molar-refractivity contribution < 1.29 is 0 Å². The van der Waals surface area contributed by atoms with Crippen LogP contribution in [0.15, 0.2) is 24.4 Å². The van der Waals surface area contributed by atoms with Crippen molar-refractivity contribution in [3.05, 3.63) is 35.5 Å². The number of hydrogen-bond acceptors (Lipinski definition) is 2. The van der Waals surface area contributed by atoms with Gasteiger partial charge in [-0.05, 0) is 44.9 Å². The maximum Gasteiger partial charge on any atom is 0.115 e. The Kier molecular flexibility index (Phi) is 2.92. The number of hydrogen-bond donors (Lipinski definition) is 1. The lowest BCUT2D eigenvalue weighted by molar-refractivity contribution is 0.534. The molecule has 90 valence electrons. The van der Waals surface area contributed by atoms with Crippen molar-refractivity contribution in [2.45, 2.75) is 33.7 Å². The summed E-state index contributed by atoms with van der Waals surface area (Å²) < 4.78 is 1.90. The largest absolute Gasteiger partial charge is 0.396 e. The van der Waals surface area contributed by atoms with Crippen LogP contribution in [-0.2, 0) is 0 Å². The molecule has 0 fully saturated rings. The minimum atomic E-state index is 0.331. The smallest absolute Gasteiger partial charge is 0.115 e. The fourth-order valence-electron chi connectivity index (χ4n) is 1.78. The van der Waals surface area contributed by atoms with Crippen LogP contribution in [0.5, 0.6) is 0 Å². The van der Waals surface area contributed by atoms with Gasteiger partial charge in [0.05, 0.1) is 5.69 Å². The SMILES string of the molecule is Cc1ccc(-c2nn(C(C)C)cc2N)cc1C. The number of nitrogen functional groups attached to an aromatic ring is 1. The van der Waals surface area contributed by atoms with E-state index in [1.807, 2.05) is 10.9 Å². The van der Waals surface area contributed by atoms with Crippen molar-refractivity contribution in [2.24, 2.45) is 0 Å². The molecule has 0 bridgehead atoms. The van der Waals surface area contributed by atoms with Crippen LogP contribution < -0.4 is 5.73 Å². The average molecular weight is 229 g/mol. The normalized spacial score (nSPS) is 11.1. The lowest BCUT2D eigenvalue weighted by Gasteiger charge is -2.05. The Balaban J connectivity index is 2.49. The van der Waals surface area contributed by atoms with Crippen molar-refractivity contribution in [1.82, 2.24) is 9.78 Å². The van der Waals surface area contributed by atoms with Gasteiger partial charge in [-0.2, -0.15) is 5.10 Å². The molecule has 0 aliphatic heterocycles. The Hall–Kier alpha value is -1.77. The Labute approximate surface area is 102 Å². The summed E-state index contributed by atoms with van der Waals surface area (Å²) in [6.07, 6.45) is 1.90. The molecule has 2 aromatic rings. The van der Waals surface area contributed by atoms with Crippen LogP contribution in [0.4, 0.5) is 5.69 Å². The van der Waals surface area contributed by atoms with E-state index in [0.29, 0.717) is 6.04 Å². The summed E-state index contributed by atoms with van der Waals surface area (Å²) in [5, 5.41) is 4.54. The lowest BCUT2D eigenvalue weighted by atomic mass is 10.0. The maximum absolute atomic E-state index is 6.02. The van der Waals surface area contributed by atoms with Crippen molar-refractivity contribution in [1.29, 1.82) is 0 Å². The number of benzene rings is 1. The molecule has 0 spiro atoms. The molecule has 0 radical (unpaired) electrons. The van der Waals surface area contributed by atoms with Gasteiger partial charge in [-0.25, -0.2) is 0 Å². The molecular weight excluding hydrogens is 210 g/mol. The van der Waals surface area contributed by atoms with E-state index in [9.17, 15) is 0 Å². The van der Waals surface area contributed by atoms with Gasteiger partial charge in [0, 0.05) is 17.8 Å². The van der Waals surface area contributed by atoms with Crippen LogP contribution in [0.1, 0.15) is 31.0 Å². The second kappa shape index (κ2) is 4.24. The van der Waals surface area contributed by atoms with E-state index in [1.54, 1.807) is 0 Å². The average Bonchev–Trinajstić information content (AvgIpc) is 2.65. The minimum absolute atomic E-state index is 0.331. The number of nitrogens with two attached hydrogens (primary N) is 1. The van der Waals surface area contributed by atoms with Gasteiger partial charge in [-0.15, -0.1) is 0 Å². The summed E-state index contributed by atoms with van der Waals surface area (Å²) in [6, 6.07) is 6.65. The molecule has 2 rings (SSSR count). The number of nitrogens with zero attached hydrogens (tertiary/aromatic N) is 2. The Morgan fingerprint density at radius 2 is 1.88 bits per heavy atom. The van der Waals surface area contributed by atoms with E-state index >= 15 is 0 Å². The summed E-state index contributed by atoms with van der Waals surface area (Å²) in [5.74, 6) is 0. The fourth-order valence-corrected chi connectivity index (χ4v) is 1.78. The van der Waals surface area contributed by atoms with Gasteiger partial charge in [0.15, 0.2) is 0 Å². The molecule has 1 aromatic carbocycles. The monoisotopic (exact) mass is 229 g/mol. The number of rotatable bonds is 2. The van der Waals surface area contributed by atoms with E-state index < -0.39 is 0 Å². The minimum Gasteiger partial charge on any atom is -0.396 e. The Morgan fingerprint density at radius 3 is 2.41 bits per heavy atom. The van der Waals surface area contributed by atoms with Crippen molar-refractivity contribution in [3.63, 3.8) is 0 Å². The molecular formula is C14H19N3. The van der Waals surface area contributed by atoms with Gasteiger partial charge < -0.3 is 5.73 Å². The standard InChI is InChI=1S/C14H19N3/c1-9(2)17-8-13(15)14(16-17)12-6-5-10(3)11(4)7-12/h5-9H,15H2,1-4H3. The Bertz CT molecular complexity index is 538. The highest BCUT2D eigenvalue weighted by atomic mass is 15.3. The molecule has 17 heavy (non-hydrogen) atoms. The second-order valence-corrected chi connectivity index (χ2v) is 4.81. The third kappa shape index (κ3) is 2.18. The molecule has 0 aliphatic carbocycles. The van der Waals surface area contributed by atoms with Crippen LogP contribution in [-0.4, -0.2) is 9.78 Å². The fraction of sp³-hybridized carbons (Fsp3) is 0.357. The highest BCUT2D eigenvalue weighted by Gasteiger charge is 2.10. The van der Waals surface area contributed by atoms with Crippen molar-refractivity contribution in [2.75, 3.05) is 5.73 Å². The van der Waals surface area contributed by atoms with Crippen LogP contribution in [0, 0.1) is 13.8 Å². The summed E-state index contributed by atoms with van der Waals surface area (Å²) in [7, 11) is 0. The van der Waals surface area contributed by atoms with E-state index in [2.05, 4.69) is 51.0 Å². The molecule has 0 atom stereocenters. The van der Waals surface area contributed by atoms with Gasteiger partial charge >= 0.3 is 0 Å². The van der Waals surface area contributed by atoms with Crippen LogP contribution >= 0.6 is 0 Å². The topological polar surface area (TPSA) is 43.8 Å². The summed E-state index contributed by atoms with van der Waals surface area (Å²) in [5.41, 5.74) is 11.3. The van der Waals surface area contributed by atoms with E-state index in [0.717, 1.165) is 16.9 Å². The zero-order valence-corrected chi connectivity index (χ0v) is 10.9. The number of aryl methyl sites for hydroxylation is 2. The summed E-state index contributed by atoms with van der Waals surface area (Å²) in [6.45, 7) is 8.40. The molecule has 0 saturated heterocycles. The Morgan fingerprint density at radius 1 is 1.18 bits per heavy atom. The first-order chi connectivity index (χ1) is 7.99. The third-order valence-electron chi connectivity index (χ3n) is 3.07. The molecule has 0 unspecified atom stereocenters. The van der Waals surface area contributed by atoms with E-state index in [1.165, 1.54) is 11.1 Å². The highest BCUT2D eigenvalue weighted by Crippen LogP contribution is 2.26. The van der Waals surface area contributed by atoms with Crippen LogP contribution in [0.25, 0.3) is 11.3 Å². The van der Waals surface area contributed by atoms with Gasteiger partial charge in [0.2, 0.25) is 0 Å². The molecule has 2 N–H and O–H groups in total. The van der Waals surface area contributed by atoms with E-state index in [4.69, 9.17) is 5.73 Å². The second-order valence-electron chi connectivity index (χ2n) is 4.81. The predicted octanol–water partition coefficient (Wildman–Crippen LogP) is 3.33. The van der Waals surface area contributed by atoms with Crippen molar-refractivity contribution in [3.8, 4) is 11.3 Å². The van der Waals surface area contributed by atoms with Gasteiger partial charge in [0.1, 0.15) is 5.69 Å². The first-order valence-electron chi connectivity index (χ1n) is 5.91. The predicted molar refractivity (Wildman–Crippen MR) is 71.9 cm³/mol. The van der Waals surface area contributed by atoms with Gasteiger partial charge in [0.25, 0.3) is 0 Å². The highest BCUT2D eigenvalue weighted by molar-refractivity contribution is 5.72. The first kappa shape index (κ1) is 11.7. The molecule has 0 aliphatic rings. The quantitative estimate of drug-likeness (QED) is 0.858. The zero-order chi connectivity index (χ0) is 12.6. The van der Waals surface area contributed by atoms with Crippen molar-refractivity contribution >= 4 is 5.69 Å².